The molecule has 1 atom stereocenters. The van der Waals surface area contributed by atoms with Crippen molar-refractivity contribution in [3.05, 3.63) is 24.2 Å². The zero-order valence-corrected chi connectivity index (χ0v) is 8.90. The van der Waals surface area contributed by atoms with Crippen molar-refractivity contribution in [3.8, 4) is 0 Å². The summed E-state index contributed by atoms with van der Waals surface area (Å²) in [6.07, 6.45) is 1.54. The minimum atomic E-state index is -0.0850. The van der Waals surface area contributed by atoms with E-state index in [-0.39, 0.29) is 11.8 Å². The summed E-state index contributed by atoms with van der Waals surface area (Å²) in [7, 11) is 0. The first kappa shape index (κ1) is 10.4. The molecule has 2 rings (SSSR count). The van der Waals surface area contributed by atoms with E-state index < -0.39 is 0 Å². The molecular weight excluding hydrogens is 192 g/mol. The van der Waals surface area contributed by atoms with Crippen LogP contribution in [0.4, 0.5) is 0 Å². The van der Waals surface area contributed by atoms with Crippen molar-refractivity contribution in [2.45, 2.75) is 13.0 Å². The van der Waals surface area contributed by atoms with Crippen molar-refractivity contribution in [3.63, 3.8) is 0 Å². The lowest BCUT2D eigenvalue weighted by Gasteiger charge is -2.31. The van der Waals surface area contributed by atoms with Gasteiger partial charge >= 0.3 is 0 Å². The average Bonchev–Trinajstić information content (AvgIpc) is 2.82. The zero-order valence-electron chi connectivity index (χ0n) is 8.90. The molecule has 1 aliphatic rings. The van der Waals surface area contributed by atoms with Gasteiger partial charge in [0, 0.05) is 26.2 Å². The van der Waals surface area contributed by atoms with E-state index in [4.69, 9.17) is 4.42 Å². The van der Waals surface area contributed by atoms with Crippen LogP contribution in [0.2, 0.25) is 0 Å². The Balaban J connectivity index is 2.00. The smallest absolute Gasteiger partial charge is 0.214 e. The number of Topliss-reactive ketones (excluding diaryl/α,β-unsaturated/α-hetero) is 1. The standard InChI is InChI=1S/C11H16N2O2/c1-9(13-6-4-12-5-7-13)11(14)10-3-2-8-15-10/h2-3,8-9,12H,4-7H2,1H3. The third-order valence-electron chi connectivity index (χ3n) is 2.84. The van der Waals surface area contributed by atoms with E-state index in [1.807, 2.05) is 6.92 Å². The zero-order chi connectivity index (χ0) is 10.7. The van der Waals surface area contributed by atoms with Crippen molar-refractivity contribution >= 4 is 5.78 Å². The number of carbonyl (C=O) groups excluding carboxylic acids is 1. The van der Waals surface area contributed by atoms with Crippen LogP contribution >= 0.6 is 0 Å². The SMILES string of the molecule is CC(C(=O)c1ccco1)N1CCNCC1. The number of nitrogens with zero attached hydrogens (tertiary/aromatic N) is 1. The molecule has 1 saturated heterocycles. The lowest BCUT2D eigenvalue weighted by molar-refractivity contribution is 0.0792. The Hall–Kier alpha value is -1.13. The monoisotopic (exact) mass is 208 g/mol. The van der Waals surface area contributed by atoms with Crippen LogP contribution in [0.5, 0.6) is 0 Å². The number of nitrogens with one attached hydrogen (secondary N) is 1. The van der Waals surface area contributed by atoms with E-state index in [9.17, 15) is 4.79 Å². The van der Waals surface area contributed by atoms with E-state index in [1.165, 1.54) is 6.26 Å². The Bertz CT molecular complexity index is 315. The fourth-order valence-corrected chi connectivity index (χ4v) is 1.86. The van der Waals surface area contributed by atoms with Crippen LogP contribution in [-0.2, 0) is 0 Å². The summed E-state index contributed by atoms with van der Waals surface area (Å²) >= 11 is 0. The third-order valence-corrected chi connectivity index (χ3v) is 2.84. The topological polar surface area (TPSA) is 45.5 Å². The maximum Gasteiger partial charge on any atom is 0.214 e. The maximum atomic E-state index is 11.9. The number of rotatable bonds is 3. The normalized spacial score (nSPS) is 20.1. The predicted molar refractivity (Wildman–Crippen MR) is 56.9 cm³/mol. The second-order valence-corrected chi connectivity index (χ2v) is 3.80. The molecule has 15 heavy (non-hydrogen) atoms. The summed E-state index contributed by atoms with van der Waals surface area (Å²) in [5.74, 6) is 0.530. The van der Waals surface area contributed by atoms with Gasteiger partial charge in [-0.05, 0) is 19.1 Å². The van der Waals surface area contributed by atoms with Crippen molar-refractivity contribution < 1.29 is 9.21 Å². The summed E-state index contributed by atoms with van der Waals surface area (Å²) in [5.41, 5.74) is 0. The predicted octanol–water partition coefficient (Wildman–Crippen LogP) is 0.756. The minimum absolute atomic E-state index is 0.0712. The molecule has 1 N–H and O–H groups in total. The van der Waals surface area contributed by atoms with Crippen molar-refractivity contribution in [2.24, 2.45) is 0 Å². The largest absolute Gasteiger partial charge is 0.461 e. The summed E-state index contributed by atoms with van der Waals surface area (Å²) in [6.45, 7) is 5.70. The Kier molecular flexibility index (Phi) is 3.18. The summed E-state index contributed by atoms with van der Waals surface area (Å²) in [6, 6.07) is 3.39. The highest BCUT2D eigenvalue weighted by molar-refractivity contribution is 5.97. The fraction of sp³-hybridized carbons (Fsp3) is 0.545. The Morgan fingerprint density at radius 3 is 2.87 bits per heavy atom. The highest BCUT2D eigenvalue weighted by Gasteiger charge is 2.24. The first-order valence-corrected chi connectivity index (χ1v) is 5.31. The van der Waals surface area contributed by atoms with Gasteiger partial charge in [-0.25, -0.2) is 0 Å². The molecule has 0 aliphatic carbocycles. The molecule has 82 valence electrons. The molecular formula is C11H16N2O2. The number of hydrogen-bond donors (Lipinski definition) is 1. The Morgan fingerprint density at radius 2 is 2.27 bits per heavy atom. The molecule has 0 radical (unpaired) electrons. The molecule has 0 bridgehead atoms. The molecule has 0 amide bonds. The average molecular weight is 208 g/mol. The van der Waals surface area contributed by atoms with Gasteiger partial charge in [-0.15, -0.1) is 0 Å². The highest BCUT2D eigenvalue weighted by Crippen LogP contribution is 2.10. The van der Waals surface area contributed by atoms with Gasteiger partial charge in [0.2, 0.25) is 5.78 Å². The fourth-order valence-electron chi connectivity index (χ4n) is 1.86. The maximum absolute atomic E-state index is 11.9. The van der Waals surface area contributed by atoms with Crippen LogP contribution in [-0.4, -0.2) is 42.9 Å². The summed E-state index contributed by atoms with van der Waals surface area (Å²) < 4.78 is 5.12. The van der Waals surface area contributed by atoms with Crippen LogP contribution in [0.3, 0.4) is 0 Å². The molecule has 2 heterocycles. The quantitative estimate of drug-likeness (QED) is 0.745. The van der Waals surface area contributed by atoms with Gasteiger partial charge in [-0.1, -0.05) is 0 Å². The minimum Gasteiger partial charge on any atom is -0.461 e. The Labute approximate surface area is 89.2 Å². The van der Waals surface area contributed by atoms with E-state index in [0.29, 0.717) is 5.76 Å². The lowest BCUT2D eigenvalue weighted by atomic mass is 10.1. The van der Waals surface area contributed by atoms with Crippen LogP contribution in [0.1, 0.15) is 17.5 Å². The second kappa shape index (κ2) is 4.59. The summed E-state index contributed by atoms with van der Waals surface area (Å²) in [5, 5.41) is 3.27. The first-order valence-electron chi connectivity index (χ1n) is 5.31. The van der Waals surface area contributed by atoms with E-state index in [1.54, 1.807) is 12.1 Å². The second-order valence-electron chi connectivity index (χ2n) is 3.80. The third kappa shape index (κ3) is 2.27. The molecule has 4 heteroatoms. The molecule has 0 spiro atoms. The van der Waals surface area contributed by atoms with Gasteiger partial charge in [0.15, 0.2) is 5.76 Å². The summed E-state index contributed by atoms with van der Waals surface area (Å²) in [4.78, 5) is 14.1. The molecule has 1 aromatic heterocycles. The number of furan rings is 1. The molecule has 4 nitrogen and oxygen atoms in total. The Morgan fingerprint density at radius 1 is 1.53 bits per heavy atom. The molecule has 1 aliphatic heterocycles. The van der Waals surface area contributed by atoms with E-state index in [2.05, 4.69) is 10.2 Å². The van der Waals surface area contributed by atoms with E-state index >= 15 is 0 Å². The molecule has 0 aromatic carbocycles. The molecule has 1 aromatic rings. The van der Waals surface area contributed by atoms with Gasteiger partial charge in [0.05, 0.1) is 12.3 Å². The van der Waals surface area contributed by atoms with Crippen molar-refractivity contribution in [1.82, 2.24) is 10.2 Å². The van der Waals surface area contributed by atoms with Gasteiger partial charge in [0.1, 0.15) is 0 Å². The van der Waals surface area contributed by atoms with Gasteiger partial charge in [-0.2, -0.15) is 0 Å². The number of piperazine rings is 1. The number of carbonyl (C=O) groups is 1. The number of hydrogen-bond acceptors (Lipinski definition) is 4. The van der Waals surface area contributed by atoms with Gasteiger partial charge in [-0.3, -0.25) is 9.69 Å². The van der Waals surface area contributed by atoms with Gasteiger partial charge < -0.3 is 9.73 Å². The lowest BCUT2D eigenvalue weighted by Crippen LogP contribution is -2.50. The van der Waals surface area contributed by atoms with Crippen LogP contribution in [0.25, 0.3) is 0 Å². The molecule has 0 saturated carbocycles. The molecule has 1 unspecified atom stereocenters. The van der Waals surface area contributed by atoms with E-state index in [0.717, 1.165) is 26.2 Å². The van der Waals surface area contributed by atoms with Crippen LogP contribution in [0, 0.1) is 0 Å². The van der Waals surface area contributed by atoms with Crippen LogP contribution < -0.4 is 5.32 Å². The first-order chi connectivity index (χ1) is 7.29. The van der Waals surface area contributed by atoms with Crippen molar-refractivity contribution in [2.75, 3.05) is 26.2 Å². The highest BCUT2D eigenvalue weighted by atomic mass is 16.3. The molecule has 1 fully saturated rings. The van der Waals surface area contributed by atoms with Gasteiger partial charge in [0.25, 0.3) is 0 Å². The number of ketones is 1. The van der Waals surface area contributed by atoms with Crippen molar-refractivity contribution in [1.29, 1.82) is 0 Å². The van der Waals surface area contributed by atoms with Crippen LogP contribution in [0.15, 0.2) is 22.8 Å².